The minimum absolute atomic E-state index is 0.294. The van der Waals surface area contributed by atoms with E-state index in [0.29, 0.717) is 6.04 Å². The first-order valence-electron chi connectivity index (χ1n) is 5.75. The molecule has 0 saturated carbocycles. The van der Waals surface area contributed by atoms with Gasteiger partial charge in [0.15, 0.2) is 0 Å². The predicted molar refractivity (Wildman–Crippen MR) is 63.6 cm³/mol. The van der Waals surface area contributed by atoms with Crippen LogP contribution in [0, 0.1) is 11.3 Å². The molecule has 0 bridgehead atoms. The second kappa shape index (κ2) is 5.11. The van der Waals surface area contributed by atoms with Gasteiger partial charge in [-0.05, 0) is 31.0 Å². The lowest BCUT2D eigenvalue weighted by molar-refractivity contribution is 0.201. The number of nitrogens with zero attached hydrogens (tertiary/aromatic N) is 2. The van der Waals surface area contributed by atoms with Crippen molar-refractivity contribution in [3.05, 3.63) is 35.4 Å². The molecular formula is C13H17N3. The second-order valence-corrected chi connectivity index (χ2v) is 4.41. The van der Waals surface area contributed by atoms with Crippen LogP contribution in [0.2, 0.25) is 0 Å². The van der Waals surface area contributed by atoms with Gasteiger partial charge in [-0.15, -0.1) is 0 Å². The molecule has 0 spiro atoms. The minimum Gasteiger partial charge on any atom is -0.327 e. The summed E-state index contributed by atoms with van der Waals surface area (Å²) >= 11 is 0. The molecule has 3 heteroatoms. The van der Waals surface area contributed by atoms with Gasteiger partial charge in [-0.3, -0.25) is 4.90 Å². The van der Waals surface area contributed by atoms with E-state index < -0.39 is 0 Å². The second-order valence-electron chi connectivity index (χ2n) is 4.41. The highest BCUT2D eigenvalue weighted by Crippen LogP contribution is 2.15. The molecule has 2 N–H and O–H groups in total. The van der Waals surface area contributed by atoms with Crippen LogP contribution < -0.4 is 5.73 Å². The van der Waals surface area contributed by atoms with Crippen LogP contribution in [0.1, 0.15) is 24.0 Å². The topological polar surface area (TPSA) is 53.0 Å². The summed E-state index contributed by atoms with van der Waals surface area (Å²) in [7, 11) is 0. The molecule has 1 aromatic carbocycles. The molecule has 1 heterocycles. The molecule has 16 heavy (non-hydrogen) atoms. The maximum atomic E-state index is 9.01. The molecule has 0 unspecified atom stereocenters. The Balaban J connectivity index is 2.06. The van der Waals surface area contributed by atoms with Gasteiger partial charge >= 0.3 is 0 Å². The van der Waals surface area contributed by atoms with Crippen molar-refractivity contribution in [1.29, 1.82) is 5.26 Å². The zero-order chi connectivity index (χ0) is 11.4. The van der Waals surface area contributed by atoms with E-state index in [4.69, 9.17) is 11.0 Å². The van der Waals surface area contributed by atoms with Gasteiger partial charge in [0.2, 0.25) is 0 Å². The molecule has 0 radical (unpaired) electrons. The highest BCUT2D eigenvalue weighted by atomic mass is 15.1. The van der Waals surface area contributed by atoms with Crippen LogP contribution in [0.5, 0.6) is 0 Å². The summed E-state index contributed by atoms with van der Waals surface area (Å²) < 4.78 is 0. The number of likely N-dealkylation sites (tertiary alicyclic amines) is 1. The predicted octanol–water partition coefficient (Wildman–Crippen LogP) is 1.48. The normalized spacial score (nSPS) is 21.6. The quantitative estimate of drug-likeness (QED) is 0.813. The molecule has 1 aromatic rings. The van der Waals surface area contributed by atoms with Crippen molar-refractivity contribution in [2.24, 2.45) is 5.73 Å². The van der Waals surface area contributed by atoms with E-state index in [9.17, 15) is 0 Å². The van der Waals surface area contributed by atoms with Crippen molar-refractivity contribution >= 4 is 0 Å². The lowest BCUT2D eigenvalue weighted by atomic mass is 10.0. The van der Waals surface area contributed by atoms with E-state index in [1.165, 1.54) is 0 Å². The van der Waals surface area contributed by atoms with E-state index in [1.54, 1.807) is 0 Å². The van der Waals surface area contributed by atoms with Crippen molar-refractivity contribution in [3.63, 3.8) is 0 Å². The number of hydrogen-bond donors (Lipinski definition) is 1. The number of hydrogen-bond acceptors (Lipinski definition) is 3. The van der Waals surface area contributed by atoms with Crippen molar-refractivity contribution in [2.45, 2.75) is 25.4 Å². The standard InChI is InChI=1S/C13H17N3/c14-8-11-4-1-2-5-12(11)9-16-7-3-6-13(15)10-16/h1-2,4-5,13H,3,6-7,9-10,15H2/t13-/m1/s1. The molecule has 0 aromatic heterocycles. The molecule has 2 rings (SSSR count). The molecule has 0 aliphatic carbocycles. The Kier molecular flexibility index (Phi) is 3.55. The van der Waals surface area contributed by atoms with Gasteiger partial charge in [0.05, 0.1) is 11.6 Å². The Labute approximate surface area is 96.5 Å². The molecule has 1 aliphatic rings. The van der Waals surface area contributed by atoms with E-state index in [0.717, 1.165) is 43.6 Å². The fraction of sp³-hybridized carbons (Fsp3) is 0.462. The van der Waals surface area contributed by atoms with Gasteiger partial charge in [-0.1, -0.05) is 18.2 Å². The van der Waals surface area contributed by atoms with E-state index >= 15 is 0 Å². The van der Waals surface area contributed by atoms with Crippen LogP contribution in [0.25, 0.3) is 0 Å². The third kappa shape index (κ3) is 2.60. The van der Waals surface area contributed by atoms with Gasteiger partial charge < -0.3 is 5.73 Å². The van der Waals surface area contributed by atoms with Crippen LogP contribution in [0.4, 0.5) is 0 Å². The summed E-state index contributed by atoms with van der Waals surface area (Å²) in [5.74, 6) is 0. The number of nitriles is 1. The summed E-state index contributed by atoms with van der Waals surface area (Å²) in [4.78, 5) is 2.34. The van der Waals surface area contributed by atoms with Crippen molar-refractivity contribution in [3.8, 4) is 6.07 Å². The maximum absolute atomic E-state index is 9.01. The minimum atomic E-state index is 0.294. The molecule has 84 valence electrons. The van der Waals surface area contributed by atoms with Crippen molar-refractivity contribution in [1.82, 2.24) is 4.90 Å². The smallest absolute Gasteiger partial charge is 0.0995 e. The fourth-order valence-corrected chi connectivity index (χ4v) is 2.24. The summed E-state index contributed by atoms with van der Waals surface area (Å²) in [6, 6.07) is 10.3. The highest BCUT2D eigenvalue weighted by molar-refractivity contribution is 5.37. The first kappa shape index (κ1) is 11.1. The van der Waals surface area contributed by atoms with Gasteiger partial charge in [0, 0.05) is 19.1 Å². The Morgan fingerprint density at radius 1 is 1.44 bits per heavy atom. The fourth-order valence-electron chi connectivity index (χ4n) is 2.24. The van der Waals surface area contributed by atoms with E-state index in [2.05, 4.69) is 11.0 Å². The molecule has 1 fully saturated rings. The van der Waals surface area contributed by atoms with Gasteiger partial charge in [0.1, 0.15) is 0 Å². The van der Waals surface area contributed by atoms with Crippen LogP contribution >= 0.6 is 0 Å². The number of benzene rings is 1. The first-order chi connectivity index (χ1) is 7.79. The summed E-state index contributed by atoms with van der Waals surface area (Å²) in [6.07, 6.45) is 2.28. The Hall–Kier alpha value is -1.37. The van der Waals surface area contributed by atoms with Crippen LogP contribution in [0.3, 0.4) is 0 Å². The Bertz CT molecular complexity index is 394. The molecule has 1 saturated heterocycles. The lowest BCUT2D eigenvalue weighted by Gasteiger charge is -2.30. The summed E-state index contributed by atoms with van der Waals surface area (Å²) in [6.45, 7) is 2.88. The van der Waals surface area contributed by atoms with Gasteiger partial charge in [-0.25, -0.2) is 0 Å². The molecule has 3 nitrogen and oxygen atoms in total. The maximum Gasteiger partial charge on any atom is 0.0995 e. The highest BCUT2D eigenvalue weighted by Gasteiger charge is 2.17. The summed E-state index contributed by atoms with van der Waals surface area (Å²) in [5.41, 5.74) is 7.83. The molecule has 1 aliphatic heterocycles. The van der Waals surface area contributed by atoms with Crippen LogP contribution in [-0.2, 0) is 6.54 Å². The zero-order valence-corrected chi connectivity index (χ0v) is 9.39. The lowest BCUT2D eigenvalue weighted by Crippen LogP contribution is -2.42. The zero-order valence-electron chi connectivity index (χ0n) is 9.39. The van der Waals surface area contributed by atoms with Gasteiger partial charge in [0.25, 0.3) is 0 Å². The molecule has 1 atom stereocenters. The molecular weight excluding hydrogens is 198 g/mol. The summed E-state index contributed by atoms with van der Waals surface area (Å²) in [5, 5.41) is 9.01. The van der Waals surface area contributed by atoms with Crippen LogP contribution in [0.15, 0.2) is 24.3 Å². The first-order valence-corrected chi connectivity index (χ1v) is 5.75. The monoisotopic (exact) mass is 215 g/mol. The number of nitrogens with two attached hydrogens (primary N) is 1. The SMILES string of the molecule is N#Cc1ccccc1CN1CCC[C@@H](N)C1. The largest absolute Gasteiger partial charge is 0.327 e. The number of rotatable bonds is 2. The van der Waals surface area contributed by atoms with Crippen molar-refractivity contribution < 1.29 is 0 Å². The van der Waals surface area contributed by atoms with Gasteiger partial charge in [-0.2, -0.15) is 5.26 Å². The third-order valence-corrected chi connectivity index (χ3v) is 3.07. The van der Waals surface area contributed by atoms with E-state index in [-0.39, 0.29) is 0 Å². The average Bonchev–Trinajstić information content (AvgIpc) is 2.30. The number of piperidine rings is 1. The van der Waals surface area contributed by atoms with Crippen molar-refractivity contribution in [2.75, 3.05) is 13.1 Å². The van der Waals surface area contributed by atoms with Crippen LogP contribution in [-0.4, -0.2) is 24.0 Å². The Morgan fingerprint density at radius 3 is 3.00 bits per heavy atom. The Morgan fingerprint density at radius 2 is 2.25 bits per heavy atom. The third-order valence-electron chi connectivity index (χ3n) is 3.07. The molecule has 0 amide bonds. The van der Waals surface area contributed by atoms with E-state index in [1.807, 2.05) is 24.3 Å². The average molecular weight is 215 g/mol.